The molecule has 1 unspecified atom stereocenters. The second kappa shape index (κ2) is 4.58. The lowest BCUT2D eigenvalue weighted by atomic mass is 9.81. The Kier molecular flexibility index (Phi) is 3.67. The minimum atomic E-state index is -0.0694. The predicted molar refractivity (Wildman–Crippen MR) is 59.5 cm³/mol. The van der Waals surface area contributed by atoms with Crippen molar-refractivity contribution in [2.75, 3.05) is 20.3 Å². The number of methoxy groups -OCH3 is 1. The van der Waals surface area contributed by atoms with Gasteiger partial charge in [0.15, 0.2) is 0 Å². The first-order valence-corrected chi connectivity index (χ1v) is 4.89. The van der Waals surface area contributed by atoms with Crippen molar-refractivity contribution in [3.8, 4) is 0 Å². The molecule has 0 heterocycles. The van der Waals surface area contributed by atoms with E-state index in [0.717, 1.165) is 0 Å². The number of rotatable bonds is 4. The number of nitrogens with two attached hydrogens (primary N) is 1. The van der Waals surface area contributed by atoms with Crippen LogP contribution < -0.4 is 5.73 Å². The number of hydrogen-bond acceptors (Lipinski definition) is 2. The lowest BCUT2D eigenvalue weighted by Gasteiger charge is -2.29. The Hall–Kier alpha value is -0.860. The van der Waals surface area contributed by atoms with E-state index in [2.05, 4.69) is 26.0 Å². The summed E-state index contributed by atoms with van der Waals surface area (Å²) in [6.45, 7) is 5.51. The molecule has 1 rings (SSSR count). The van der Waals surface area contributed by atoms with E-state index in [1.165, 1.54) is 11.1 Å². The van der Waals surface area contributed by atoms with E-state index in [1.807, 2.05) is 12.1 Å². The van der Waals surface area contributed by atoms with Gasteiger partial charge in [-0.25, -0.2) is 0 Å². The quantitative estimate of drug-likeness (QED) is 0.792. The van der Waals surface area contributed by atoms with Crippen molar-refractivity contribution in [2.45, 2.75) is 19.3 Å². The molecule has 0 saturated heterocycles. The molecule has 0 saturated carbocycles. The summed E-state index contributed by atoms with van der Waals surface area (Å²) in [6, 6.07) is 8.33. The van der Waals surface area contributed by atoms with Crippen LogP contribution in [-0.4, -0.2) is 20.3 Å². The van der Waals surface area contributed by atoms with E-state index in [4.69, 9.17) is 10.5 Å². The molecule has 0 bridgehead atoms. The van der Waals surface area contributed by atoms with Gasteiger partial charge in [-0.1, -0.05) is 31.2 Å². The molecule has 0 aliphatic heterocycles. The van der Waals surface area contributed by atoms with Crippen LogP contribution in [0.15, 0.2) is 24.3 Å². The summed E-state index contributed by atoms with van der Waals surface area (Å²) in [5, 5.41) is 0. The van der Waals surface area contributed by atoms with Crippen molar-refractivity contribution in [1.29, 1.82) is 0 Å². The van der Waals surface area contributed by atoms with Crippen LogP contribution in [-0.2, 0) is 10.2 Å². The van der Waals surface area contributed by atoms with Gasteiger partial charge in [-0.3, -0.25) is 0 Å². The van der Waals surface area contributed by atoms with E-state index < -0.39 is 0 Å². The third kappa shape index (κ3) is 2.14. The molecule has 0 spiro atoms. The Morgan fingerprint density at radius 2 is 2.00 bits per heavy atom. The molecule has 1 atom stereocenters. The summed E-state index contributed by atoms with van der Waals surface area (Å²) in [5.41, 5.74) is 8.30. The first kappa shape index (κ1) is 11.2. The standard InChI is InChI=1S/C12H19NO/c1-10-6-4-5-7-11(10)12(2,8-13)9-14-3/h4-7H,8-9,13H2,1-3H3. The summed E-state index contributed by atoms with van der Waals surface area (Å²) < 4.78 is 5.23. The highest BCUT2D eigenvalue weighted by Crippen LogP contribution is 2.25. The molecule has 2 heteroatoms. The van der Waals surface area contributed by atoms with Gasteiger partial charge < -0.3 is 10.5 Å². The monoisotopic (exact) mass is 193 g/mol. The third-order valence-electron chi connectivity index (χ3n) is 2.71. The Morgan fingerprint density at radius 3 is 2.50 bits per heavy atom. The Bertz CT molecular complexity index is 298. The number of benzene rings is 1. The smallest absolute Gasteiger partial charge is 0.0568 e. The van der Waals surface area contributed by atoms with Gasteiger partial charge in [0.05, 0.1) is 6.61 Å². The molecule has 2 nitrogen and oxygen atoms in total. The van der Waals surface area contributed by atoms with E-state index in [9.17, 15) is 0 Å². The molecule has 0 aliphatic rings. The zero-order chi connectivity index (χ0) is 10.6. The molecule has 78 valence electrons. The van der Waals surface area contributed by atoms with Crippen molar-refractivity contribution >= 4 is 0 Å². The molecule has 1 aromatic carbocycles. The molecule has 1 aromatic rings. The Labute approximate surface area is 86.1 Å². The molecule has 0 amide bonds. The van der Waals surface area contributed by atoms with Crippen LogP contribution >= 0.6 is 0 Å². The normalized spacial score (nSPS) is 15.1. The van der Waals surface area contributed by atoms with E-state index in [-0.39, 0.29) is 5.41 Å². The predicted octanol–water partition coefficient (Wildman–Crippen LogP) is 1.86. The summed E-state index contributed by atoms with van der Waals surface area (Å²) in [5.74, 6) is 0. The minimum Gasteiger partial charge on any atom is -0.384 e. The van der Waals surface area contributed by atoms with Crippen molar-refractivity contribution in [1.82, 2.24) is 0 Å². The summed E-state index contributed by atoms with van der Waals surface area (Å²) >= 11 is 0. The zero-order valence-electron chi connectivity index (χ0n) is 9.21. The zero-order valence-corrected chi connectivity index (χ0v) is 9.21. The molecule has 2 N–H and O–H groups in total. The van der Waals surface area contributed by atoms with Crippen molar-refractivity contribution in [3.63, 3.8) is 0 Å². The molecule has 0 fully saturated rings. The molecular weight excluding hydrogens is 174 g/mol. The van der Waals surface area contributed by atoms with Crippen LogP contribution in [0, 0.1) is 6.92 Å². The second-order valence-corrected chi connectivity index (χ2v) is 4.01. The Morgan fingerprint density at radius 1 is 1.36 bits per heavy atom. The highest BCUT2D eigenvalue weighted by molar-refractivity contribution is 5.33. The fourth-order valence-electron chi connectivity index (χ4n) is 1.82. The van der Waals surface area contributed by atoms with E-state index >= 15 is 0 Å². The van der Waals surface area contributed by atoms with Crippen LogP contribution in [0.4, 0.5) is 0 Å². The fourth-order valence-corrected chi connectivity index (χ4v) is 1.82. The fraction of sp³-hybridized carbons (Fsp3) is 0.500. The van der Waals surface area contributed by atoms with Gasteiger partial charge in [-0.2, -0.15) is 0 Å². The Balaban J connectivity index is 3.05. The lowest BCUT2D eigenvalue weighted by Crippen LogP contribution is -2.37. The average molecular weight is 193 g/mol. The highest BCUT2D eigenvalue weighted by atomic mass is 16.5. The van der Waals surface area contributed by atoms with Crippen LogP contribution in [0.2, 0.25) is 0 Å². The second-order valence-electron chi connectivity index (χ2n) is 4.01. The van der Waals surface area contributed by atoms with Crippen LogP contribution in [0.1, 0.15) is 18.1 Å². The van der Waals surface area contributed by atoms with E-state index in [0.29, 0.717) is 13.2 Å². The maximum atomic E-state index is 5.81. The van der Waals surface area contributed by atoms with Crippen molar-refractivity contribution in [2.24, 2.45) is 5.73 Å². The van der Waals surface area contributed by atoms with Crippen molar-refractivity contribution < 1.29 is 4.74 Å². The first-order chi connectivity index (χ1) is 6.64. The summed E-state index contributed by atoms with van der Waals surface area (Å²) in [6.07, 6.45) is 0. The molecule has 14 heavy (non-hydrogen) atoms. The van der Waals surface area contributed by atoms with Gasteiger partial charge >= 0.3 is 0 Å². The number of aryl methyl sites for hydroxylation is 1. The third-order valence-corrected chi connectivity index (χ3v) is 2.71. The average Bonchev–Trinajstić information content (AvgIpc) is 2.18. The topological polar surface area (TPSA) is 35.2 Å². The van der Waals surface area contributed by atoms with Gasteiger partial charge in [-0.05, 0) is 18.1 Å². The van der Waals surface area contributed by atoms with Gasteiger partial charge in [0.2, 0.25) is 0 Å². The SMILES string of the molecule is COCC(C)(CN)c1ccccc1C. The largest absolute Gasteiger partial charge is 0.384 e. The molecule has 0 radical (unpaired) electrons. The van der Waals surface area contributed by atoms with Crippen LogP contribution in [0.25, 0.3) is 0 Å². The molecular formula is C12H19NO. The maximum absolute atomic E-state index is 5.81. The number of ether oxygens (including phenoxy) is 1. The minimum absolute atomic E-state index is 0.0694. The summed E-state index contributed by atoms with van der Waals surface area (Å²) in [7, 11) is 1.71. The van der Waals surface area contributed by atoms with Crippen LogP contribution in [0.5, 0.6) is 0 Å². The van der Waals surface area contributed by atoms with Gasteiger partial charge in [-0.15, -0.1) is 0 Å². The van der Waals surface area contributed by atoms with Gasteiger partial charge in [0.25, 0.3) is 0 Å². The number of hydrogen-bond donors (Lipinski definition) is 1. The van der Waals surface area contributed by atoms with Crippen LogP contribution in [0.3, 0.4) is 0 Å². The highest BCUT2D eigenvalue weighted by Gasteiger charge is 2.26. The first-order valence-electron chi connectivity index (χ1n) is 4.89. The maximum Gasteiger partial charge on any atom is 0.0568 e. The van der Waals surface area contributed by atoms with Crippen molar-refractivity contribution in [3.05, 3.63) is 35.4 Å². The molecule has 0 aliphatic carbocycles. The van der Waals surface area contributed by atoms with E-state index in [1.54, 1.807) is 7.11 Å². The van der Waals surface area contributed by atoms with Gasteiger partial charge in [0, 0.05) is 19.1 Å². The van der Waals surface area contributed by atoms with Gasteiger partial charge in [0.1, 0.15) is 0 Å². The summed E-state index contributed by atoms with van der Waals surface area (Å²) in [4.78, 5) is 0. The molecule has 0 aromatic heterocycles. The lowest BCUT2D eigenvalue weighted by molar-refractivity contribution is 0.141.